The largest absolute Gasteiger partial charge is 0.410 e. The summed E-state index contributed by atoms with van der Waals surface area (Å²) in [5.41, 5.74) is 3.08. The molecule has 0 atom stereocenters. The molecule has 0 aliphatic heterocycles. The molecule has 0 saturated carbocycles. The highest BCUT2D eigenvalue weighted by Gasteiger charge is 2.30. The van der Waals surface area contributed by atoms with Gasteiger partial charge in [0.25, 0.3) is 5.56 Å². The third-order valence-electron chi connectivity index (χ3n) is 3.91. The molecule has 1 aliphatic carbocycles. The highest BCUT2D eigenvalue weighted by atomic mass is 16.4. The van der Waals surface area contributed by atoms with Crippen LogP contribution >= 0.6 is 0 Å². The van der Waals surface area contributed by atoms with E-state index in [9.17, 15) is 14.8 Å². The van der Waals surface area contributed by atoms with Crippen LogP contribution in [0.3, 0.4) is 0 Å². The van der Waals surface area contributed by atoms with E-state index in [1.807, 2.05) is 0 Å². The van der Waals surface area contributed by atoms with E-state index in [0.29, 0.717) is 33.9 Å². The van der Waals surface area contributed by atoms with Crippen LogP contribution in [0, 0.1) is 0 Å². The topological polar surface area (TPSA) is 124 Å². The van der Waals surface area contributed by atoms with Crippen molar-refractivity contribution in [3.8, 4) is 11.3 Å². The summed E-state index contributed by atoms with van der Waals surface area (Å²) in [4.78, 5) is 30.4. The first kappa shape index (κ1) is 14.0. The predicted molar refractivity (Wildman–Crippen MR) is 86.8 cm³/mol. The van der Waals surface area contributed by atoms with E-state index in [4.69, 9.17) is 0 Å². The Balaban J connectivity index is 1.96. The highest BCUT2D eigenvalue weighted by molar-refractivity contribution is 6.23. The van der Waals surface area contributed by atoms with Gasteiger partial charge in [-0.1, -0.05) is 11.2 Å². The van der Waals surface area contributed by atoms with Gasteiger partial charge in [0.2, 0.25) is 5.65 Å². The zero-order valence-corrected chi connectivity index (χ0v) is 12.5. The number of rotatable bonds is 1. The molecule has 0 unspecified atom stereocenters. The van der Waals surface area contributed by atoms with Gasteiger partial charge in [0, 0.05) is 36.3 Å². The number of imidazole rings is 1. The van der Waals surface area contributed by atoms with Crippen LogP contribution < -0.4 is 16.2 Å². The second-order valence-corrected chi connectivity index (χ2v) is 5.21. The molecule has 0 radical (unpaired) electrons. The van der Waals surface area contributed by atoms with Crippen molar-refractivity contribution in [1.29, 1.82) is 0 Å². The van der Waals surface area contributed by atoms with E-state index in [-0.39, 0.29) is 17.2 Å². The number of aromatic amines is 1. The van der Waals surface area contributed by atoms with Gasteiger partial charge in [0.05, 0.1) is 5.69 Å². The van der Waals surface area contributed by atoms with Crippen molar-refractivity contribution in [2.45, 2.75) is 0 Å². The minimum Gasteiger partial charge on any atom is -0.410 e. The van der Waals surface area contributed by atoms with E-state index in [2.05, 4.69) is 25.8 Å². The third kappa shape index (κ3) is 1.81. The molecule has 1 aliphatic rings. The molecule has 4 rings (SSSR count). The number of H-pyrrole nitrogens is 1. The number of urea groups is 1. The average Bonchev–Trinajstić information content (AvgIpc) is 3.17. The lowest BCUT2D eigenvalue weighted by Gasteiger charge is -2.06. The van der Waals surface area contributed by atoms with E-state index >= 15 is 0 Å². The van der Waals surface area contributed by atoms with Crippen LogP contribution in [0.15, 0.2) is 40.5 Å². The maximum absolute atomic E-state index is 12.1. The molecule has 0 saturated heterocycles. The first-order chi connectivity index (χ1) is 11.6. The number of carbonyl (C=O) groups is 1. The van der Waals surface area contributed by atoms with Gasteiger partial charge < -0.3 is 20.8 Å². The Bertz CT molecular complexity index is 1080. The van der Waals surface area contributed by atoms with Crippen LogP contribution in [0.2, 0.25) is 0 Å². The standard InChI is InChI=1S/C15H12N6O3/c1-16-15(23)18-7-2-3-8-9(6-7)11(20-24)12-10(8)19-14(22)13-17-4-5-21(12)13/h2-6,24H,1H3,(H,19,22)(H2,16,18,23)/b20-11+. The number of aromatic nitrogens is 3. The van der Waals surface area contributed by atoms with E-state index in [0.717, 1.165) is 0 Å². The van der Waals surface area contributed by atoms with Crippen molar-refractivity contribution in [1.82, 2.24) is 19.7 Å². The zero-order valence-electron chi connectivity index (χ0n) is 12.5. The summed E-state index contributed by atoms with van der Waals surface area (Å²) >= 11 is 0. The smallest absolute Gasteiger partial charge is 0.318 e. The van der Waals surface area contributed by atoms with Gasteiger partial charge in [-0.25, -0.2) is 9.78 Å². The van der Waals surface area contributed by atoms with Crippen molar-refractivity contribution in [3.63, 3.8) is 0 Å². The van der Waals surface area contributed by atoms with Gasteiger partial charge in [0.1, 0.15) is 11.4 Å². The number of amides is 2. The van der Waals surface area contributed by atoms with Crippen LogP contribution in [-0.2, 0) is 0 Å². The van der Waals surface area contributed by atoms with Gasteiger partial charge >= 0.3 is 6.03 Å². The summed E-state index contributed by atoms with van der Waals surface area (Å²) in [6.45, 7) is 0. The van der Waals surface area contributed by atoms with Gasteiger partial charge in [-0.2, -0.15) is 0 Å². The van der Waals surface area contributed by atoms with E-state index < -0.39 is 0 Å². The number of carbonyl (C=O) groups excluding carboxylic acids is 1. The molecule has 9 nitrogen and oxygen atoms in total. The highest BCUT2D eigenvalue weighted by Crippen LogP contribution is 2.36. The van der Waals surface area contributed by atoms with Gasteiger partial charge in [-0.15, -0.1) is 0 Å². The lowest BCUT2D eigenvalue weighted by molar-refractivity contribution is 0.254. The Labute approximate surface area is 134 Å². The van der Waals surface area contributed by atoms with Crippen molar-refractivity contribution < 1.29 is 10.0 Å². The number of oxime groups is 1. The molecule has 3 aromatic rings. The summed E-state index contributed by atoms with van der Waals surface area (Å²) in [7, 11) is 1.51. The molecule has 2 heterocycles. The number of nitrogens with zero attached hydrogens (tertiary/aromatic N) is 3. The average molecular weight is 324 g/mol. The lowest BCUT2D eigenvalue weighted by atomic mass is 10.1. The number of anilines is 1. The minimum absolute atomic E-state index is 0.214. The number of hydrogen-bond donors (Lipinski definition) is 4. The second-order valence-electron chi connectivity index (χ2n) is 5.21. The van der Waals surface area contributed by atoms with Crippen LogP contribution in [0.1, 0.15) is 11.3 Å². The molecule has 0 spiro atoms. The van der Waals surface area contributed by atoms with Crippen LogP contribution in [-0.4, -0.2) is 38.4 Å². The lowest BCUT2D eigenvalue weighted by Crippen LogP contribution is -2.24. The second kappa shape index (κ2) is 4.95. The summed E-state index contributed by atoms with van der Waals surface area (Å²) in [6, 6.07) is 4.77. The van der Waals surface area contributed by atoms with Crippen LogP contribution in [0.4, 0.5) is 10.5 Å². The van der Waals surface area contributed by atoms with Gasteiger partial charge in [-0.3, -0.25) is 9.20 Å². The summed E-state index contributed by atoms with van der Waals surface area (Å²) in [6.07, 6.45) is 3.13. The fourth-order valence-corrected chi connectivity index (χ4v) is 2.89. The Morgan fingerprint density at radius 1 is 1.38 bits per heavy atom. The molecular formula is C15H12N6O3. The van der Waals surface area contributed by atoms with E-state index in [1.54, 1.807) is 28.8 Å². The third-order valence-corrected chi connectivity index (χ3v) is 3.91. The van der Waals surface area contributed by atoms with Crippen LogP contribution in [0.5, 0.6) is 0 Å². The molecule has 0 bridgehead atoms. The fraction of sp³-hybridized carbons (Fsp3) is 0.0667. The van der Waals surface area contributed by atoms with Gasteiger partial charge in [0.15, 0.2) is 0 Å². The molecule has 4 N–H and O–H groups in total. The number of fused-ring (bicyclic) bond motifs is 5. The number of nitrogens with one attached hydrogen (secondary N) is 3. The predicted octanol–water partition coefficient (Wildman–Crippen LogP) is 0.981. The normalized spacial score (nSPS) is 13.8. The summed E-state index contributed by atoms with van der Waals surface area (Å²) in [5, 5.41) is 18.0. The maximum Gasteiger partial charge on any atom is 0.318 e. The summed E-state index contributed by atoms with van der Waals surface area (Å²) in [5.74, 6) is 0. The Morgan fingerprint density at radius 2 is 2.21 bits per heavy atom. The first-order valence-corrected chi connectivity index (χ1v) is 7.09. The molecule has 24 heavy (non-hydrogen) atoms. The Hall–Kier alpha value is -3.62. The van der Waals surface area contributed by atoms with Crippen LogP contribution in [0.25, 0.3) is 16.9 Å². The Morgan fingerprint density at radius 3 is 2.96 bits per heavy atom. The zero-order chi connectivity index (χ0) is 16.8. The first-order valence-electron chi connectivity index (χ1n) is 7.09. The van der Waals surface area contributed by atoms with Gasteiger partial charge in [-0.05, 0) is 12.1 Å². The molecule has 2 amide bonds. The summed E-state index contributed by atoms with van der Waals surface area (Å²) < 4.78 is 1.58. The van der Waals surface area contributed by atoms with Crippen molar-refractivity contribution in [3.05, 3.63) is 52.2 Å². The number of benzene rings is 1. The molecule has 2 aromatic heterocycles. The molecule has 1 aromatic carbocycles. The molecule has 9 heteroatoms. The fourth-order valence-electron chi connectivity index (χ4n) is 2.89. The Kier molecular flexibility index (Phi) is 2.89. The number of hydrogen-bond acceptors (Lipinski definition) is 5. The molecular weight excluding hydrogens is 312 g/mol. The SMILES string of the molecule is CNC(=O)Nc1ccc2c(c1)/C(=N\O)c1c-2[nH]c(=O)c2nccn12. The maximum atomic E-state index is 12.1. The van der Waals surface area contributed by atoms with Crippen molar-refractivity contribution in [2.24, 2.45) is 5.16 Å². The van der Waals surface area contributed by atoms with Crippen molar-refractivity contribution in [2.75, 3.05) is 12.4 Å². The monoisotopic (exact) mass is 324 g/mol. The molecule has 120 valence electrons. The van der Waals surface area contributed by atoms with E-state index in [1.165, 1.54) is 13.2 Å². The minimum atomic E-state index is -0.363. The molecule has 0 fully saturated rings. The van der Waals surface area contributed by atoms with Crippen molar-refractivity contribution >= 4 is 23.1 Å². The quantitative estimate of drug-likeness (QED) is 0.308.